The molecule has 1 saturated heterocycles. The maximum Gasteiger partial charge on any atom is 0.243 e. The van der Waals surface area contributed by atoms with Crippen molar-refractivity contribution in [1.82, 2.24) is 19.3 Å². The van der Waals surface area contributed by atoms with E-state index in [1.165, 1.54) is 4.31 Å². The summed E-state index contributed by atoms with van der Waals surface area (Å²) in [6.07, 6.45) is 0.647. The molecule has 1 amide bonds. The van der Waals surface area contributed by atoms with Crippen LogP contribution in [0.5, 0.6) is 0 Å². The second kappa shape index (κ2) is 7.92. The SMILES string of the molecule is Cc1noc(CCC(=O)N2CCN(S(=O)(=O)c3ccc4ccccc4c3)CC2)n1. The third kappa shape index (κ3) is 4.15. The van der Waals surface area contributed by atoms with E-state index in [4.69, 9.17) is 4.52 Å². The third-order valence-electron chi connectivity index (χ3n) is 5.07. The average Bonchev–Trinajstić information content (AvgIpc) is 3.17. The first-order chi connectivity index (χ1) is 13.9. The Labute approximate surface area is 169 Å². The van der Waals surface area contributed by atoms with Crippen molar-refractivity contribution in [2.75, 3.05) is 26.2 Å². The normalized spacial score (nSPS) is 15.7. The lowest BCUT2D eigenvalue weighted by Gasteiger charge is -2.34. The molecule has 0 atom stereocenters. The van der Waals surface area contributed by atoms with Crippen molar-refractivity contribution in [3.8, 4) is 0 Å². The molecule has 29 heavy (non-hydrogen) atoms. The molecule has 1 fully saturated rings. The number of carbonyl (C=O) groups is 1. The fourth-order valence-corrected chi connectivity index (χ4v) is 4.93. The second-order valence-corrected chi connectivity index (χ2v) is 8.97. The Morgan fingerprint density at radius 3 is 2.48 bits per heavy atom. The van der Waals surface area contributed by atoms with Gasteiger partial charge in [0.2, 0.25) is 21.8 Å². The molecule has 9 heteroatoms. The van der Waals surface area contributed by atoms with Gasteiger partial charge in [-0.1, -0.05) is 35.5 Å². The summed E-state index contributed by atoms with van der Waals surface area (Å²) in [4.78, 5) is 18.5. The summed E-state index contributed by atoms with van der Waals surface area (Å²) >= 11 is 0. The number of aryl methyl sites for hydroxylation is 2. The van der Waals surface area contributed by atoms with Gasteiger partial charge in [0, 0.05) is 39.0 Å². The van der Waals surface area contributed by atoms with Crippen molar-refractivity contribution in [3.63, 3.8) is 0 Å². The number of carbonyl (C=O) groups excluding carboxylic acids is 1. The fourth-order valence-electron chi connectivity index (χ4n) is 3.47. The molecule has 1 aromatic heterocycles. The summed E-state index contributed by atoms with van der Waals surface area (Å²) < 4.78 is 32.5. The van der Waals surface area contributed by atoms with Crippen LogP contribution in [0.15, 0.2) is 51.9 Å². The Balaban J connectivity index is 1.38. The minimum Gasteiger partial charge on any atom is -0.340 e. The smallest absolute Gasteiger partial charge is 0.243 e. The summed E-state index contributed by atoms with van der Waals surface area (Å²) in [5, 5.41) is 5.59. The molecule has 2 aromatic carbocycles. The van der Waals surface area contributed by atoms with Crippen LogP contribution in [0.25, 0.3) is 10.8 Å². The molecule has 0 N–H and O–H groups in total. The fraction of sp³-hybridized carbons (Fsp3) is 0.350. The maximum atomic E-state index is 13.0. The van der Waals surface area contributed by atoms with Crippen LogP contribution in [-0.4, -0.2) is 59.8 Å². The quantitative estimate of drug-likeness (QED) is 0.634. The predicted molar refractivity (Wildman–Crippen MR) is 107 cm³/mol. The van der Waals surface area contributed by atoms with Crippen molar-refractivity contribution >= 4 is 26.7 Å². The molecular formula is C20H22N4O4S. The molecule has 152 valence electrons. The zero-order chi connectivity index (χ0) is 20.4. The highest BCUT2D eigenvalue weighted by Crippen LogP contribution is 2.23. The van der Waals surface area contributed by atoms with Crippen molar-refractivity contribution in [2.24, 2.45) is 0 Å². The highest BCUT2D eigenvalue weighted by molar-refractivity contribution is 7.89. The van der Waals surface area contributed by atoms with E-state index in [1.54, 1.807) is 24.0 Å². The minimum atomic E-state index is -3.59. The number of rotatable bonds is 5. The molecule has 0 bridgehead atoms. The Kier molecular flexibility index (Phi) is 5.33. The van der Waals surface area contributed by atoms with Crippen molar-refractivity contribution < 1.29 is 17.7 Å². The number of amides is 1. The van der Waals surface area contributed by atoms with E-state index in [9.17, 15) is 13.2 Å². The first-order valence-electron chi connectivity index (χ1n) is 9.49. The summed E-state index contributed by atoms with van der Waals surface area (Å²) in [7, 11) is -3.59. The highest BCUT2D eigenvalue weighted by Gasteiger charge is 2.30. The average molecular weight is 414 g/mol. The van der Waals surface area contributed by atoms with E-state index in [2.05, 4.69) is 10.1 Å². The Bertz CT molecular complexity index is 1130. The van der Waals surface area contributed by atoms with Gasteiger partial charge < -0.3 is 9.42 Å². The molecule has 1 aliphatic rings. The highest BCUT2D eigenvalue weighted by atomic mass is 32.2. The molecule has 4 rings (SSSR count). The van der Waals surface area contributed by atoms with Crippen LogP contribution in [0.4, 0.5) is 0 Å². The van der Waals surface area contributed by atoms with Gasteiger partial charge in [0.25, 0.3) is 0 Å². The lowest BCUT2D eigenvalue weighted by molar-refractivity contribution is -0.132. The maximum absolute atomic E-state index is 13.0. The molecule has 2 heterocycles. The second-order valence-electron chi connectivity index (χ2n) is 7.03. The van der Waals surface area contributed by atoms with Crippen LogP contribution >= 0.6 is 0 Å². The molecule has 0 aliphatic carbocycles. The predicted octanol–water partition coefficient (Wildman–Crippen LogP) is 2.00. The van der Waals surface area contributed by atoms with Crippen molar-refractivity contribution in [1.29, 1.82) is 0 Å². The van der Waals surface area contributed by atoms with E-state index in [0.717, 1.165) is 10.8 Å². The van der Waals surface area contributed by atoms with Gasteiger partial charge >= 0.3 is 0 Å². The van der Waals surface area contributed by atoms with Gasteiger partial charge in [0.1, 0.15) is 0 Å². The summed E-state index contributed by atoms with van der Waals surface area (Å²) in [6.45, 7) is 3.02. The topological polar surface area (TPSA) is 96.6 Å². The minimum absolute atomic E-state index is 0.0383. The molecule has 0 unspecified atom stereocenters. The third-order valence-corrected chi connectivity index (χ3v) is 6.97. The summed E-state index contributed by atoms with van der Waals surface area (Å²) in [5.74, 6) is 0.942. The number of nitrogens with zero attached hydrogens (tertiary/aromatic N) is 4. The molecule has 0 radical (unpaired) electrons. The first kappa shape index (κ1) is 19.5. The number of fused-ring (bicyclic) bond motifs is 1. The zero-order valence-corrected chi connectivity index (χ0v) is 16.9. The molecule has 8 nitrogen and oxygen atoms in total. The van der Waals surface area contributed by atoms with Crippen LogP contribution in [0.2, 0.25) is 0 Å². The first-order valence-corrected chi connectivity index (χ1v) is 10.9. The number of hydrogen-bond acceptors (Lipinski definition) is 6. The lowest BCUT2D eigenvalue weighted by atomic mass is 10.1. The van der Waals surface area contributed by atoms with Crippen molar-refractivity contribution in [2.45, 2.75) is 24.7 Å². The van der Waals surface area contributed by atoms with Gasteiger partial charge in [-0.2, -0.15) is 9.29 Å². The Morgan fingerprint density at radius 1 is 1.07 bits per heavy atom. The van der Waals surface area contributed by atoms with E-state index < -0.39 is 10.0 Å². The van der Waals surface area contributed by atoms with Gasteiger partial charge in [0.05, 0.1) is 4.90 Å². The number of benzene rings is 2. The number of hydrogen-bond donors (Lipinski definition) is 0. The van der Waals surface area contributed by atoms with Crippen LogP contribution < -0.4 is 0 Å². The monoisotopic (exact) mass is 414 g/mol. The van der Waals surface area contributed by atoms with E-state index in [0.29, 0.717) is 31.2 Å². The zero-order valence-electron chi connectivity index (χ0n) is 16.1. The Morgan fingerprint density at radius 2 is 1.79 bits per heavy atom. The van der Waals surface area contributed by atoms with Crippen LogP contribution in [-0.2, 0) is 21.2 Å². The van der Waals surface area contributed by atoms with Crippen molar-refractivity contribution in [3.05, 3.63) is 54.2 Å². The summed E-state index contributed by atoms with van der Waals surface area (Å²) in [5.41, 5.74) is 0. The molecule has 3 aromatic rings. The van der Waals surface area contributed by atoms with Gasteiger partial charge in [-0.25, -0.2) is 8.42 Å². The van der Waals surface area contributed by atoms with Gasteiger partial charge in [-0.15, -0.1) is 0 Å². The number of sulfonamides is 1. The largest absolute Gasteiger partial charge is 0.340 e. The molecule has 0 spiro atoms. The molecular weight excluding hydrogens is 392 g/mol. The molecule has 1 aliphatic heterocycles. The lowest BCUT2D eigenvalue weighted by Crippen LogP contribution is -2.50. The van der Waals surface area contributed by atoms with Gasteiger partial charge in [-0.3, -0.25) is 4.79 Å². The molecule has 0 saturated carbocycles. The summed E-state index contributed by atoms with van der Waals surface area (Å²) in [6, 6.07) is 12.8. The van der Waals surface area contributed by atoms with E-state index >= 15 is 0 Å². The number of aromatic nitrogens is 2. The van der Waals surface area contributed by atoms with Gasteiger partial charge in [-0.05, 0) is 29.8 Å². The van der Waals surface area contributed by atoms with Gasteiger partial charge in [0.15, 0.2) is 5.82 Å². The van der Waals surface area contributed by atoms with Crippen LogP contribution in [0.3, 0.4) is 0 Å². The van der Waals surface area contributed by atoms with Crippen LogP contribution in [0.1, 0.15) is 18.1 Å². The van der Waals surface area contributed by atoms with Crippen LogP contribution in [0, 0.1) is 6.92 Å². The van der Waals surface area contributed by atoms with E-state index in [-0.39, 0.29) is 30.3 Å². The Hall–Kier alpha value is -2.78. The standard InChI is InChI=1S/C20H22N4O4S/c1-15-21-19(28-22-15)8-9-20(25)23-10-12-24(13-11-23)29(26,27)18-7-6-16-4-2-3-5-17(16)14-18/h2-7,14H,8-13H2,1H3. The number of piperazine rings is 1. The van der Waals surface area contributed by atoms with E-state index in [1.807, 2.05) is 30.3 Å².